The minimum absolute atomic E-state index is 0.00390. The van der Waals surface area contributed by atoms with E-state index in [4.69, 9.17) is 5.11 Å². The molecule has 0 aliphatic heterocycles. The molecule has 2 rings (SSSR count). The van der Waals surface area contributed by atoms with Crippen LogP contribution in [0.25, 0.3) is 0 Å². The van der Waals surface area contributed by atoms with Crippen LogP contribution in [0.3, 0.4) is 0 Å². The molecule has 0 heterocycles. The van der Waals surface area contributed by atoms with Gasteiger partial charge in [-0.1, -0.05) is 12.1 Å². The smallest absolute Gasteiger partial charge is 0.311 e. The maximum atomic E-state index is 13.4. The Bertz CT molecular complexity index is 541. The van der Waals surface area contributed by atoms with Gasteiger partial charge in [-0.2, -0.15) is 0 Å². The van der Waals surface area contributed by atoms with E-state index in [1.54, 1.807) is 0 Å². The average molecular weight is 283 g/mol. The molecule has 1 amide bonds. The van der Waals surface area contributed by atoms with Crippen molar-refractivity contribution in [2.24, 2.45) is 5.41 Å². The van der Waals surface area contributed by atoms with Crippen molar-refractivity contribution < 1.29 is 23.5 Å². The fourth-order valence-electron chi connectivity index (χ4n) is 1.96. The molecule has 0 radical (unpaired) electrons. The van der Waals surface area contributed by atoms with Gasteiger partial charge in [0.05, 0.1) is 5.41 Å². The number of amides is 1. The van der Waals surface area contributed by atoms with Gasteiger partial charge < -0.3 is 10.4 Å². The molecule has 4 nitrogen and oxygen atoms in total. The van der Waals surface area contributed by atoms with Gasteiger partial charge >= 0.3 is 5.97 Å². The van der Waals surface area contributed by atoms with Crippen LogP contribution in [-0.4, -0.2) is 23.5 Å². The molecule has 1 saturated carbocycles. The van der Waals surface area contributed by atoms with Crippen molar-refractivity contribution in [3.05, 3.63) is 35.4 Å². The molecule has 0 unspecified atom stereocenters. The Hall–Kier alpha value is -1.98. The molecule has 0 spiro atoms. The standard InChI is InChI=1S/C14H15F2NO3/c15-10-3-1-2-9(12(10)16)4-5-11(18)17-8-14(6-7-14)13(19)20/h1-3H,4-8H2,(H,17,18)(H,19,20). The van der Waals surface area contributed by atoms with Gasteiger partial charge in [0, 0.05) is 13.0 Å². The predicted molar refractivity (Wildman–Crippen MR) is 67.0 cm³/mol. The zero-order valence-corrected chi connectivity index (χ0v) is 10.8. The molecule has 6 heteroatoms. The molecule has 0 saturated heterocycles. The first-order chi connectivity index (χ1) is 9.44. The number of halogens is 2. The molecule has 1 aromatic carbocycles. The van der Waals surface area contributed by atoms with Gasteiger partial charge in [-0.3, -0.25) is 9.59 Å². The second-order valence-corrected chi connectivity index (χ2v) is 5.08. The normalized spacial score (nSPS) is 15.7. The topological polar surface area (TPSA) is 66.4 Å². The number of aliphatic carboxylic acids is 1. The lowest BCUT2D eigenvalue weighted by Crippen LogP contribution is -2.34. The molecule has 1 fully saturated rings. The van der Waals surface area contributed by atoms with Crippen LogP contribution >= 0.6 is 0 Å². The van der Waals surface area contributed by atoms with E-state index in [1.807, 2.05) is 0 Å². The highest BCUT2D eigenvalue weighted by molar-refractivity contribution is 5.81. The van der Waals surface area contributed by atoms with Crippen LogP contribution in [0.1, 0.15) is 24.8 Å². The van der Waals surface area contributed by atoms with E-state index in [0.29, 0.717) is 12.8 Å². The molecule has 108 valence electrons. The van der Waals surface area contributed by atoms with E-state index in [9.17, 15) is 18.4 Å². The number of hydrogen-bond acceptors (Lipinski definition) is 2. The van der Waals surface area contributed by atoms with E-state index >= 15 is 0 Å². The number of hydrogen-bond donors (Lipinski definition) is 2. The minimum atomic E-state index is -0.940. The van der Waals surface area contributed by atoms with Crippen LogP contribution in [0.5, 0.6) is 0 Å². The summed E-state index contributed by atoms with van der Waals surface area (Å²) in [6.07, 6.45) is 1.19. The fourth-order valence-corrected chi connectivity index (χ4v) is 1.96. The minimum Gasteiger partial charge on any atom is -0.481 e. The first-order valence-electron chi connectivity index (χ1n) is 6.38. The van der Waals surface area contributed by atoms with Gasteiger partial charge in [0.2, 0.25) is 5.91 Å². The third-order valence-corrected chi connectivity index (χ3v) is 3.58. The van der Waals surface area contributed by atoms with Crippen LogP contribution in [0.15, 0.2) is 18.2 Å². The van der Waals surface area contributed by atoms with Crippen molar-refractivity contribution in [1.82, 2.24) is 5.32 Å². The van der Waals surface area contributed by atoms with Crippen LogP contribution in [0.4, 0.5) is 8.78 Å². The summed E-state index contributed by atoms with van der Waals surface area (Å²) in [7, 11) is 0. The number of aryl methyl sites for hydroxylation is 1. The maximum Gasteiger partial charge on any atom is 0.311 e. The maximum absolute atomic E-state index is 13.4. The van der Waals surface area contributed by atoms with Crippen LogP contribution in [0.2, 0.25) is 0 Å². The third kappa shape index (κ3) is 3.12. The lowest BCUT2D eigenvalue weighted by Gasteiger charge is -2.11. The van der Waals surface area contributed by atoms with Crippen molar-refractivity contribution in [3.63, 3.8) is 0 Å². The predicted octanol–water partition coefficient (Wildman–Crippen LogP) is 1.88. The Labute approximate surface area is 114 Å². The quantitative estimate of drug-likeness (QED) is 0.837. The summed E-state index contributed by atoms with van der Waals surface area (Å²) in [6.45, 7) is 0.0901. The Morgan fingerprint density at radius 3 is 2.60 bits per heavy atom. The van der Waals surface area contributed by atoms with Crippen LogP contribution in [0, 0.1) is 17.0 Å². The lowest BCUT2D eigenvalue weighted by molar-refractivity contribution is -0.143. The lowest BCUT2D eigenvalue weighted by atomic mass is 10.1. The van der Waals surface area contributed by atoms with E-state index in [2.05, 4.69) is 5.32 Å². The van der Waals surface area contributed by atoms with Crippen LogP contribution in [-0.2, 0) is 16.0 Å². The Kier molecular flexibility index (Phi) is 4.01. The largest absolute Gasteiger partial charge is 0.481 e. The summed E-state index contributed by atoms with van der Waals surface area (Å²) in [6, 6.07) is 3.82. The molecule has 0 aromatic heterocycles. The van der Waals surface area contributed by atoms with Gasteiger partial charge in [0.1, 0.15) is 0 Å². The van der Waals surface area contributed by atoms with Crippen molar-refractivity contribution in [3.8, 4) is 0 Å². The molecule has 1 aliphatic carbocycles. The van der Waals surface area contributed by atoms with E-state index in [0.717, 1.165) is 6.07 Å². The van der Waals surface area contributed by atoms with Crippen LogP contribution < -0.4 is 5.32 Å². The van der Waals surface area contributed by atoms with Gasteiger partial charge in [0.25, 0.3) is 0 Å². The van der Waals surface area contributed by atoms with E-state index in [1.165, 1.54) is 12.1 Å². The molecular formula is C14H15F2NO3. The van der Waals surface area contributed by atoms with E-state index < -0.39 is 23.0 Å². The molecule has 2 N–H and O–H groups in total. The monoisotopic (exact) mass is 283 g/mol. The van der Waals surface area contributed by atoms with Gasteiger partial charge in [-0.05, 0) is 30.9 Å². The molecule has 20 heavy (non-hydrogen) atoms. The van der Waals surface area contributed by atoms with Gasteiger partial charge in [-0.15, -0.1) is 0 Å². The highest BCUT2D eigenvalue weighted by Crippen LogP contribution is 2.45. The number of carboxylic acid groups (broad SMARTS) is 1. The van der Waals surface area contributed by atoms with Crippen molar-refractivity contribution in [2.45, 2.75) is 25.7 Å². The summed E-state index contributed by atoms with van der Waals surface area (Å²) in [5.41, 5.74) is -0.681. The molecule has 1 aromatic rings. The first-order valence-corrected chi connectivity index (χ1v) is 6.38. The molecule has 1 aliphatic rings. The number of benzene rings is 1. The highest BCUT2D eigenvalue weighted by atomic mass is 19.2. The Morgan fingerprint density at radius 2 is 2.00 bits per heavy atom. The summed E-state index contributed by atoms with van der Waals surface area (Å²) in [5, 5.41) is 11.5. The number of rotatable bonds is 6. The fraction of sp³-hybridized carbons (Fsp3) is 0.429. The number of carboxylic acids is 1. The van der Waals surface area contributed by atoms with Crippen molar-refractivity contribution in [1.29, 1.82) is 0 Å². The Morgan fingerprint density at radius 1 is 1.30 bits per heavy atom. The molecule has 0 bridgehead atoms. The SMILES string of the molecule is O=C(CCc1cccc(F)c1F)NCC1(C(=O)O)CC1. The Balaban J connectivity index is 1.81. The average Bonchev–Trinajstić information content (AvgIpc) is 3.19. The highest BCUT2D eigenvalue weighted by Gasteiger charge is 2.50. The van der Waals surface area contributed by atoms with Gasteiger partial charge in [0.15, 0.2) is 11.6 Å². The zero-order valence-electron chi connectivity index (χ0n) is 10.8. The zero-order chi connectivity index (χ0) is 14.8. The molecule has 0 atom stereocenters. The summed E-state index contributed by atoms with van der Waals surface area (Å²) >= 11 is 0. The first kappa shape index (κ1) is 14.4. The molecular weight excluding hydrogens is 268 g/mol. The van der Waals surface area contributed by atoms with Crippen molar-refractivity contribution in [2.75, 3.05) is 6.54 Å². The second-order valence-electron chi connectivity index (χ2n) is 5.08. The summed E-state index contributed by atoms with van der Waals surface area (Å²) < 4.78 is 26.3. The van der Waals surface area contributed by atoms with Crippen molar-refractivity contribution >= 4 is 11.9 Å². The van der Waals surface area contributed by atoms with Gasteiger partial charge in [-0.25, -0.2) is 8.78 Å². The second kappa shape index (κ2) is 5.56. The summed E-state index contributed by atoms with van der Waals surface area (Å²) in [5.74, 6) is -3.15. The van der Waals surface area contributed by atoms with E-state index in [-0.39, 0.29) is 30.9 Å². The third-order valence-electron chi connectivity index (χ3n) is 3.58. The number of carbonyl (C=O) groups is 2. The number of carbonyl (C=O) groups excluding carboxylic acids is 1. The summed E-state index contributed by atoms with van der Waals surface area (Å²) in [4.78, 5) is 22.5. The number of nitrogens with one attached hydrogen (secondary N) is 1.